The molecule has 2 rings (SSSR count). The predicted molar refractivity (Wildman–Crippen MR) is 40.4 cm³/mol. The summed E-state index contributed by atoms with van der Waals surface area (Å²) in [5, 5.41) is 3.78. The minimum Gasteiger partial charge on any atom is -0.341 e. The Labute approximate surface area is 65.2 Å². The molecule has 1 fully saturated rings. The molecule has 1 aliphatic heterocycles. The summed E-state index contributed by atoms with van der Waals surface area (Å²) >= 11 is 0. The van der Waals surface area contributed by atoms with Crippen molar-refractivity contribution in [2.45, 2.75) is 19.3 Å². The smallest absolute Gasteiger partial charge is 0.265 e. The molecule has 0 spiro atoms. The van der Waals surface area contributed by atoms with Crippen LogP contribution < -0.4 is 4.90 Å². The molecule has 4 nitrogen and oxygen atoms in total. The second-order valence-electron chi connectivity index (χ2n) is 2.78. The van der Waals surface area contributed by atoms with Gasteiger partial charge in [-0.25, -0.2) is 0 Å². The maximum Gasteiger partial charge on any atom is 0.265 e. The molecule has 0 aromatic carbocycles. The van der Waals surface area contributed by atoms with Crippen LogP contribution in [0.1, 0.15) is 19.3 Å². The molecular formula is C7H11N3O. The fraction of sp³-hybridized carbons (Fsp3) is 0.714. The number of hydrogen-bond donors (Lipinski definition) is 0. The van der Waals surface area contributed by atoms with Gasteiger partial charge in [0, 0.05) is 13.1 Å². The standard InChI is InChI=1S/C7H11N3O/c1-2-4-10(5-3-1)7-8-6-11-9-7/h6H,1-5H2. The number of hydrogen-bond acceptors (Lipinski definition) is 4. The molecule has 0 atom stereocenters. The zero-order chi connectivity index (χ0) is 7.52. The highest BCUT2D eigenvalue weighted by molar-refractivity contribution is 5.26. The second-order valence-corrected chi connectivity index (χ2v) is 2.78. The summed E-state index contributed by atoms with van der Waals surface area (Å²) in [6.45, 7) is 2.14. The van der Waals surface area contributed by atoms with Gasteiger partial charge < -0.3 is 9.42 Å². The first-order valence-corrected chi connectivity index (χ1v) is 3.98. The highest BCUT2D eigenvalue weighted by atomic mass is 16.5. The average Bonchev–Trinajstić information content (AvgIpc) is 2.58. The molecule has 1 aromatic rings. The Morgan fingerprint density at radius 2 is 2.09 bits per heavy atom. The van der Waals surface area contributed by atoms with E-state index in [1.54, 1.807) is 0 Å². The van der Waals surface area contributed by atoms with Gasteiger partial charge in [0.25, 0.3) is 5.95 Å². The van der Waals surface area contributed by atoms with Crippen molar-refractivity contribution in [1.82, 2.24) is 10.1 Å². The van der Waals surface area contributed by atoms with Crippen LogP contribution in [0.15, 0.2) is 10.9 Å². The van der Waals surface area contributed by atoms with Crippen LogP contribution >= 0.6 is 0 Å². The van der Waals surface area contributed by atoms with Crippen LogP contribution in [-0.2, 0) is 0 Å². The zero-order valence-electron chi connectivity index (χ0n) is 6.36. The summed E-state index contributed by atoms with van der Waals surface area (Å²) in [5.74, 6) is 0.740. The van der Waals surface area contributed by atoms with Gasteiger partial charge >= 0.3 is 0 Å². The Morgan fingerprint density at radius 1 is 1.27 bits per heavy atom. The quantitative estimate of drug-likeness (QED) is 0.605. The summed E-state index contributed by atoms with van der Waals surface area (Å²) < 4.78 is 4.66. The lowest BCUT2D eigenvalue weighted by Crippen LogP contribution is -2.30. The van der Waals surface area contributed by atoms with Gasteiger partial charge in [-0.2, -0.15) is 4.98 Å². The van der Waals surface area contributed by atoms with Crippen molar-refractivity contribution >= 4 is 5.95 Å². The summed E-state index contributed by atoms with van der Waals surface area (Å²) in [4.78, 5) is 6.15. The molecule has 0 saturated carbocycles. The third-order valence-electron chi connectivity index (χ3n) is 1.99. The van der Waals surface area contributed by atoms with E-state index >= 15 is 0 Å². The molecule has 0 bridgehead atoms. The zero-order valence-corrected chi connectivity index (χ0v) is 6.36. The van der Waals surface area contributed by atoms with Crippen LogP contribution in [-0.4, -0.2) is 23.2 Å². The van der Waals surface area contributed by atoms with Gasteiger partial charge in [0.15, 0.2) is 0 Å². The van der Waals surface area contributed by atoms with Crippen molar-refractivity contribution in [3.05, 3.63) is 6.39 Å². The lowest BCUT2D eigenvalue weighted by molar-refractivity contribution is 0.414. The van der Waals surface area contributed by atoms with Crippen molar-refractivity contribution in [1.29, 1.82) is 0 Å². The summed E-state index contributed by atoms with van der Waals surface area (Å²) in [7, 11) is 0. The fourth-order valence-corrected chi connectivity index (χ4v) is 1.40. The van der Waals surface area contributed by atoms with Crippen molar-refractivity contribution in [3.8, 4) is 0 Å². The highest BCUT2D eigenvalue weighted by Gasteiger charge is 2.13. The van der Waals surface area contributed by atoms with Crippen molar-refractivity contribution in [2.75, 3.05) is 18.0 Å². The van der Waals surface area contributed by atoms with E-state index in [0.29, 0.717) is 0 Å². The van der Waals surface area contributed by atoms with Crippen molar-refractivity contribution in [3.63, 3.8) is 0 Å². The highest BCUT2D eigenvalue weighted by Crippen LogP contribution is 2.14. The van der Waals surface area contributed by atoms with Crippen LogP contribution in [0.4, 0.5) is 5.95 Å². The minimum absolute atomic E-state index is 0.740. The SMILES string of the molecule is c1nc(N2CCCCC2)no1. The van der Waals surface area contributed by atoms with Crippen molar-refractivity contribution in [2.24, 2.45) is 0 Å². The van der Waals surface area contributed by atoms with E-state index in [4.69, 9.17) is 0 Å². The molecule has 1 saturated heterocycles. The second kappa shape index (κ2) is 2.90. The molecule has 4 heteroatoms. The van der Waals surface area contributed by atoms with Crippen LogP contribution in [0.5, 0.6) is 0 Å². The molecule has 60 valence electrons. The van der Waals surface area contributed by atoms with Crippen molar-refractivity contribution < 1.29 is 4.52 Å². The van der Waals surface area contributed by atoms with Gasteiger partial charge in [-0.3, -0.25) is 0 Å². The summed E-state index contributed by atoms with van der Waals surface area (Å²) in [6.07, 6.45) is 5.20. The predicted octanol–water partition coefficient (Wildman–Crippen LogP) is 1.06. The molecule has 2 heterocycles. The summed E-state index contributed by atoms with van der Waals surface area (Å²) in [6, 6.07) is 0. The Kier molecular flexibility index (Phi) is 1.75. The molecule has 0 amide bonds. The van der Waals surface area contributed by atoms with E-state index in [9.17, 15) is 0 Å². The first-order chi connectivity index (χ1) is 5.47. The van der Waals surface area contributed by atoms with Gasteiger partial charge in [-0.05, 0) is 24.4 Å². The first-order valence-electron chi connectivity index (χ1n) is 3.98. The minimum atomic E-state index is 0.740. The van der Waals surface area contributed by atoms with Crippen LogP contribution in [0.2, 0.25) is 0 Å². The van der Waals surface area contributed by atoms with Crippen LogP contribution in [0.3, 0.4) is 0 Å². The Morgan fingerprint density at radius 3 is 2.73 bits per heavy atom. The molecule has 11 heavy (non-hydrogen) atoms. The van der Waals surface area contributed by atoms with Gasteiger partial charge in [0.2, 0.25) is 6.39 Å². The van der Waals surface area contributed by atoms with Gasteiger partial charge in [0.1, 0.15) is 0 Å². The molecule has 0 N–H and O–H groups in total. The van der Waals surface area contributed by atoms with E-state index in [2.05, 4.69) is 19.6 Å². The third-order valence-corrected chi connectivity index (χ3v) is 1.99. The largest absolute Gasteiger partial charge is 0.341 e. The lowest BCUT2D eigenvalue weighted by Gasteiger charge is -2.24. The van der Waals surface area contributed by atoms with Gasteiger partial charge in [-0.1, -0.05) is 0 Å². The number of nitrogens with zero attached hydrogens (tertiary/aromatic N) is 3. The number of anilines is 1. The molecule has 0 aliphatic carbocycles. The van der Waals surface area contributed by atoms with E-state index in [1.165, 1.54) is 25.7 Å². The third kappa shape index (κ3) is 1.34. The fourth-order valence-electron chi connectivity index (χ4n) is 1.40. The monoisotopic (exact) mass is 153 g/mol. The number of aromatic nitrogens is 2. The Bertz CT molecular complexity index is 203. The maximum atomic E-state index is 4.66. The number of piperidine rings is 1. The molecule has 0 radical (unpaired) electrons. The van der Waals surface area contributed by atoms with Crippen LogP contribution in [0, 0.1) is 0 Å². The molecule has 0 unspecified atom stereocenters. The first kappa shape index (κ1) is 6.64. The summed E-state index contributed by atoms with van der Waals surface area (Å²) in [5.41, 5.74) is 0. The van der Waals surface area contributed by atoms with E-state index in [0.717, 1.165) is 19.0 Å². The molecular weight excluding hydrogens is 142 g/mol. The van der Waals surface area contributed by atoms with E-state index in [-0.39, 0.29) is 0 Å². The van der Waals surface area contributed by atoms with E-state index in [1.807, 2.05) is 0 Å². The van der Waals surface area contributed by atoms with Gasteiger partial charge in [-0.15, -0.1) is 0 Å². The van der Waals surface area contributed by atoms with E-state index < -0.39 is 0 Å². The maximum absolute atomic E-state index is 4.66. The normalized spacial score (nSPS) is 18.7. The topological polar surface area (TPSA) is 42.2 Å². The molecule has 1 aromatic heterocycles. The number of rotatable bonds is 1. The van der Waals surface area contributed by atoms with Gasteiger partial charge in [0.05, 0.1) is 0 Å². The molecule has 1 aliphatic rings. The average molecular weight is 153 g/mol. The lowest BCUT2D eigenvalue weighted by atomic mass is 10.1. The Hall–Kier alpha value is -1.06. The Balaban J connectivity index is 2.04. The van der Waals surface area contributed by atoms with Crippen LogP contribution in [0.25, 0.3) is 0 Å².